The first-order valence-corrected chi connectivity index (χ1v) is 8.73. The molecule has 22 heavy (non-hydrogen) atoms. The van der Waals surface area contributed by atoms with Crippen molar-refractivity contribution in [3.05, 3.63) is 11.1 Å². The van der Waals surface area contributed by atoms with Crippen LogP contribution in [0.25, 0.3) is 0 Å². The van der Waals surface area contributed by atoms with Crippen LogP contribution in [0, 0.1) is 5.41 Å². The van der Waals surface area contributed by atoms with Crippen molar-refractivity contribution in [3.8, 4) is 0 Å². The average Bonchev–Trinajstić information content (AvgIpc) is 3.01. The first kappa shape index (κ1) is 15.7. The summed E-state index contributed by atoms with van der Waals surface area (Å²) >= 11 is 1.57. The van der Waals surface area contributed by atoms with Gasteiger partial charge in [-0.3, -0.25) is 4.79 Å². The van der Waals surface area contributed by atoms with Crippen LogP contribution in [0.2, 0.25) is 0 Å². The number of β-amino-alcohol motifs (C(OH)–C–C–N with tert-alkyl or cyclic N) is 1. The molecular weight excluding hydrogens is 302 g/mol. The predicted octanol–water partition coefficient (Wildman–Crippen LogP) is 0.837. The minimum Gasteiger partial charge on any atom is -0.395 e. The number of aliphatic hydroxyl groups excluding tert-OH is 2. The third-order valence-electron chi connectivity index (χ3n) is 4.75. The van der Waals surface area contributed by atoms with Crippen LogP contribution >= 0.6 is 11.3 Å². The van der Waals surface area contributed by atoms with Gasteiger partial charge in [0.05, 0.1) is 18.9 Å². The predicted molar refractivity (Wildman–Crippen MR) is 84.8 cm³/mol. The summed E-state index contributed by atoms with van der Waals surface area (Å²) in [7, 11) is 0. The molecule has 1 aromatic heterocycles. The van der Waals surface area contributed by atoms with Crippen molar-refractivity contribution in [1.29, 1.82) is 0 Å². The summed E-state index contributed by atoms with van der Waals surface area (Å²) in [6.45, 7) is 3.06. The second-order valence-electron chi connectivity index (χ2n) is 6.34. The van der Waals surface area contributed by atoms with E-state index in [0.717, 1.165) is 49.7 Å². The Balaban J connectivity index is 1.72. The van der Waals surface area contributed by atoms with Gasteiger partial charge in [-0.1, -0.05) is 0 Å². The van der Waals surface area contributed by atoms with E-state index in [4.69, 9.17) is 5.11 Å². The van der Waals surface area contributed by atoms with Gasteiger partial charge in [-0.25, -0.2) is 4.98 Å². The van der Waals surface area contributed by atoms with Gasteiger partial charge in [-0.2, -0.15) is 0 Å². The van der Waals surface area contributed by atoms with Crippen molar-refractivity contribution in [1.82, 2.24) is 9.88 Å². The molecule has 0 aromatic carbocycles. The molecule has 1 spiro atoms. The molecule has 0 aliphatic carbocycles. The van der Waals surface area contributed by atoms with E-state index in [1.807, 2.05) is 10.3 Å². The van der Waals surface area contributed by atoms with Gasteiger partial charge in [0.1, 0.15) is 0 Å². The minimum atomic E-state index is -0.0196. The molecule has 7 heteroatoms. The third-order valence-corrected chi connectivity index (χ3v) is 5.70. The highest BCUT2D eigenvalue weighted by Gasteiger charge is 2.42. The van der Waals surface area contributed by atoms with Crippen molar-refractivity contribution >= 4 is 22.4 Å². The van der Waals surface area contributed by atoms with Crippen LogP contribution in [0.4, 0.5) is 5.13 Å². The van der Waals surface area contributed by atoms with Gasteiger partial charge < -0.3 is 20.0 Å². The number of anilines is 1. The monoisotopic (exact) mass is 325 g/mol. The van der Waals surface area contributed by atoms with Crippen molar-refractivity contribution < 1.29 is 15.0 Å². The Morgan fingerprint density at radius 3 is 2.91 bits per heavy atom. The average molecular weight is 325 g/mol. The molecule has 0 saturated carbocycles. The van der Waals surface area contributed by atoms with Crippen LogP contribution in [-0.2, 0) is 11.4 Å². The van der Waals surface area contributed by atoms with Crippen LogP contribution in [-0.4, -0.2) is 58.8 Å². The topological polar surface area (TPSA) is 76.9 Å². The van der Waals surface area contributed by atoms with Crippen molar-refractivity contribution in [2.75, 3.05) is 37.7 Å². The van der Waals surface area contributed by atoms with Crippen LogP contribution in [0.1, 0.15) is 31.4 Å². The van der Waals surface area contributed by atoms with E-state index in [1.54, 1.807) is 11.3 Å². The Morgan fingerprint density at radius 2 is 2.18 bits per heavy atom. The molecule has 1 aromatic rings. The lowest BCUT2D eigenvalue weighted by molar-refractivity contribution is -0.138. The molecule has 0 unspecified atom stereocenters. The quantitative estimate of drug-likeness (QED) is 0.858. The van der Waals surface area contributed by atoms with E-state index >= 15 is 0 Å². The zero-order valence-corrected chi connectivity index (χ0v) is 13.5. The Bertz CT molecular complexity index is 536. The van der Waals surface area contributed by atoms with E-state index in [2.05, 4.69) is 9.88 Å². The van der Waals surface area contributed by atoms with E-state index in [0.29, 0.717) is 13.0 Å². The Labute approximate surface area is 134 Å². The SMILES string of the molecule is O=C1CC[C@]2(CCCN(c3nc(CO)cs3)C2)CN1CCO. The second-order valence-corrected chi connectivity index (χ2v) is 7.18. The standard InChI is InChI=1S/C15H23N3O3S/c19-7-6-17-10-15(4-2-13(17)21)3-1-5-18(11-15)14-16-12(8-20)9-22-14/h9,19-20H,1-8,10-11H2/t15-/m1/s1. The summed E-state index contributed by atoms with van der Waals surface area (Å²) in [4.78, 5) is 20.5. The first-order chi connectivity index (χ1) is 10.7. The number of aliphatic hydroxyl groups is 2. The Morgan fingerprint density at radius 1 is 1.32 bits per heavy atom. The molecule has 3 rings (SSSR count). The van der Waals surface area contributed by atoms with E-state index < -0.39 is 0 Å². The van der Waals surface area contributed by atoms with Gasteiger partial charge in [-0.15, -0.1) is 11.3 Å². The maximum absolute atomic E-state index is 12.0. The second kappa shape index (κ2) is 6.52. The molecule has 2 fully saturated rings. The van der Waals surface area contributed by atoms with Gasteiger partial charge in [0.15, 0.2) is 5.13 Å². The summed E-state index contributed by atoms with van der Waals surface area (Å²) in [5.41, 5.74) is 0.840. The number of hydrogen-bond donors (Lipinski definition) is 2. The highest BCUT2D eigenvalue weighted by Crippen LogP contribution is 2.40. The molecule has 0 bridgehead atoms. The number of nitrogens with zero attached hydrogens (tertiary/aromatic N) is 3. The maximum atomic E-state index is 12.0. The molecular formula is C15H23N3O3S. The normalized spacial score (nSPS) is 26.0. The number of rotatable bonds is 4. The number of thiazole rings is 1. The number of piperidine rings is 2. The molecule has 1 amide bonds. The summed E-state index contributed by atoms with van der Waals surface area (Å²) in [6, 6.07) is 0. The summed E-state index contributed by atoms with van der Waals surface area (Å²) in [5, 5.41) is 21.2. The fourth-order valence-electron chi connectivity index (χ4n) is 3.65. The Hall–Kier alpha value is -1.18. The van der Waals surface area contributed by atoms with Crippen molar-refractivity contribution in [2.24, 2.45) is 5.41 Å². The lowest BCUT2D eigenvalue weighted by Gasteiger charge is -2.48. The van der Waals surface area contributed by atoms with E-state index in [1.165, 1.54) is 0 Å². The lowest BCUT2D eigenvalue weighted by atomic mass is 9.73. The number of carbonyl (C=O) groups excluding carboxylic acids is 1. The molecule has 122 valence electrons. The van der Waals surface area contributed by atoms with Gasteiger partial charge in [0, 0.05) is 43.4 Å². The minimum absolute atomic E-state index is 0.0196. The van der Waals surface area contributed by atoms with E-state index in [9.17, 15) is 9.90 Å². The fourth-order valence-corrected chi connectivity index (χ4v) is 4.49. The zero-order valence-electron chi connectivity index (χ0n) is 12.7. The fraction of sp³-hybridized carbons (Fsp3) is 0.733. The van der Waals surface area contributed by atoms with Gasteiger partial charge in [-0.05, 0) is 19.3 Å². The number of amides is 1. The molecule has 2 aliphatic rings. The van der Waals surface area contributed by atoms with Gasteiger partial charge in [0.2, 0.25) is 5.91 Å². The molecule has 2 aliphatic heterocycles. The molecule has 3 heterocycles. The number of aromatic nitrogens is 1. The van der Waals surface area contributed by atoms with E-state index in [-0.39, 0.29) is 24.5 Å². The molecule has 0 radical (unpaired) electrons. The molecule has 1 atom stereocenters. The number of hydrogen-bond acceptors (Lipinski definition) is 6. The highest BCUT2D eigenvalue weighted by atomic mass is 32.1. The third kappa shape index (κ3) is 3.11. The van der Waals surface area contributed by atoms with Crippen LogP contribution in [0.5, 0.6) is 0 Å². The summed E-state index contributed by atoms with van der Waals surface area (Å²) < 4.78 is 0. The molecule has 6 nitrogen and oxygen atoms in total. The number of carbonyl (C=O) groups is 1. The van der Waals surface area contributed by atoms with Crippen molar-refractivity contribution in [3.63, 3.8) is 0 Å². The molecule has 2 saturated heterocycles. The van der Waals surface area contributed by atoms with Gasteiger partial charge >= 0.3 is 0 Å². The smallest absolute Gasteiger partial charge is 0.222 e. The van der Waals surface area contributed by atoms with Crippen molar-refractivity contribution in [2.45, 2.75) is 32.3 Å². The zero-order chi connectivity index (χ0) is 15.6. The van der Waals surface area contributed by atoms with Crippen LogP contribution in [0.3, 0.4) is 0 Å². The molecule has 2 N–H and O–H groups in total. The summed E-state index contributed by atoms with van der Waals surface area (Å²) in [5.74, 6) is 0.161. The first-order valence-electron chi connectivity index (χ1n) is 7.85. The maximum Gasteiger partial charge on any atom is 0.222 e. The Kier molecular flexibility index (Phi) is 4.65. The van der Waals surface area contributed by atoms with Crippen LogP contribution in [0.15, 0.2) is 5.38 Å². The summed E-state index contributed by atoms with van der Waals surface area (Å²) in [6.07, 6.45) is 3.71. The number of likely N-dealkylation sites (tertiary alicyclic amines) is 1. The highest BCUT2D eigenvalue weighted by molar-refractivity contribution is 7.13. The lowest BCUT2D eigenvalue weighted by Crippen LogP contribution is -2.54. The van der Waals surface area contributed by atoms with Gasteiger partial charge in [0.25, 0.3) is 0 Å². The largest absolute Gasteiger partial charge is 0.395 e. The van der Waals surface area contributed by atoms with Crippen LogP contribution < -0.4 is 4.90 Å².